The molecule has 1 fully saturated rings. The lowest BCUT2D eigenvalue weighted by atomic mass is 10.1. The second-order valence-electron chi connectivity index (χ2n) is 5.55. The molecule has 1 saturated heterocycles. The summed E-state index contributed by atoms with van der Waals surface area (Å²) in [6.45, 7) is 1.91. The average molecular weight is 338 g/mol. The fourth-order valence-electron chi connectivity index (χ4n) is 2.77. The van der Waals surface area contributed by atoms with E-state index in [1.807, 2.05) is 20.0 Å². The van der Waals surface area contributed by atoms with Gasteiger partial charge in [0.1, 0.15) is 10.7 Å². The van der Waals surface area contributed by atoms with Gasteiger partial charge < -0.3 is 0 Å². The lowest BCUT2D eigenvalue weighted by Crippen LogP contribution is -2.04. The van der Waals surface area contributed by atoms with Crippen LogP contribution in [0.5, 0.6) is 0 Å². The van der Waals surface area contributed by atoms with Crippen LogP contribution in [-0.2, 0) is 16.9 Å². The molecule has 0 bridgehead atoms. The van der Waals surface area contributed by atoms with E-state index in [-0.39, 0.29) is 17.4 Å². The molecule has 3 aromatic heterocycles. The standard InChI is InChI=1S/C12H14N6O2S2/c1-7-5-9(17(2)15-7)10-13-14-12-18(10)16-11(21-12)8-3-4-22(19,20)6-8/h5,8H,3-4,6H2,1-2H3/t8-/m0/s1. The predicted molar refractivity (Wildman–Crippen MR) is 81.6 cm³/mol. The van der Waals surface area contributed by atoms with Crippen molar-refractivity contribution < 1.29 is 8.42 Å². The number of sulfone groups is 1. The van der Waals surface area contributed by atoms with Gasteiger partial charge in [-0.3, -0.25) is 4.68 Å². The molecule has 4 rings (SSSR count). The van der Waals surface area contributed by atoms with Crippen molar-refractivity contribution in [2.45, 2.75) is 19.3 Å². The molecule has 1 aliphatic rings. The van der Waals surface area contributed by atoms with E-state index in [4.69, 9.17) is 0 Å². The summed E-state index contributed by atoms with van der Waals surface area (Å²) in [5, 5.41) is 18.0. The summed E-state index contributed by atoms with van der Waals surface area (Å²) in [6, 6.07) is 1.93. The molecule has 3 aromatic rings. The van der Waals surface area contributed by atoms with E-state index in [1.54, 1.807) is 9.20 Å². The van der Waals surface area contributed by atoms with Crippen molar-refractivity contribution in [2.75, 3.05) is 11.5 Å². The van der Waals surface area contributed by atoms with Crippen LogP contribution in [0.2, 0.25) is 0 Å². The van der Waals surface area contributed by atoms with E-state index in [1.165, 1.54) is 11.3 Å². The number of nitrogens with zero attached hydrogens (tertiary/aromatic N) is 6. The first-order valence-corrected chi connectivity index (χ1v) is 9.50. The van der Waals surface area contributed by atoms with Gasteiger partial charge in [0, 0.05) is 13.0 Å². The Bertz CT molecular complexity index is 967. The fourth-order valence-corrected chi connectivity index (χ4v) is 5.59. The largest absolute Gasteiger partial charge is 0.264 e. The summed E-state index contributed by atoms with van der Waals surface area (Å²) in [7, 11) is -1.08. The van der Waals surface area contributed by atoms with Crippen molar-refractivity contribution in [3.8, 4) is 11.5 Å². The summed E-state index contributed by atoms with van der Waals surface area (Å²) in [5.74, 6) is 1.02. The van der Waals surface area contributed by atoms with Gasteiger partial charge in [-0.05, 0) is 19.4 Å². The maximum Gasteiger partial charge on any atom is 0.235 e. The molecule has 0 saturated carbocycles. The van der Waals surface area contributed by atoms with Gasteiger partial charge >= 0.3 is 0 Å². The van der Waals surface area contributed by atoms with Crippen molar-refractivity contribution in [1.29, 1.82) is 0 Å². The molecule has 0 N–H and O–H groups in total. The number of aromatic nitrogens is 6. The summed E-state index contributed by atoms with van der Waals surface area (Å²) in [5.41, 5.74) is 1.73. The Balaban J connectivity index is 1.78. The highest BCUT2D eigenvalue weighted by molar-refractivity contribution is 7.91. The molecule has 1 atom stereocenters. The lowest BCUT2D eigenvalue weighted by Gasteiger charge is -2.00. The first-order valence-electron chi connectivity index (χ1n) is 6.86. The molecular weight excluding hydrogens is 324 g/mol. The maximum atomic E-state index is 11.6. The van der Waals surface area contributed by atoms with E-state index in [0.29, 0.717) is 17.2 Å². The van der Waals surface area contributed by atoms with Gasteiger partial charge in [-0.1, -0.05) is 11.3 Å². The molecule has 22 heavy (non-hydrogen) atoms. The van der Waals surface area contributed by atoms with E-state index in [0.717, 1.165) is 16.4 Å². The third kappa shape index (κ3) is 2.13. The van der Waals surface area contributed by atoms with Crippen LogP contribution in [0.1, 0.15) is 23.0 Å². The van der Waals surface area contributed by atoms with Crippen LogP contribution >= 0.6 is 11.3 Å². The second-order valence-corrected chi connectivity index (χ2v) is 8.77. The van der Waals surface area contributed by atoms with Crippen molar-refractivity contribution in [2.24, 2.45) is 7.05 Å². The number of hydrogen-bond acceptors (Lipinski definition) is 7. The third-order valence-electron chi connectivity index (χ3n) is 3.82. The first-order chi connectivity index (χ1) is 10.4. The molecule has 0 unspecified atom stereocenters. The van der Waals surface area contributed by atoms with Gasteiger partial charge in [-0.15, -0.1) is 10.2 Å². The molecule has 8 nitrogen and oxygen atoms in total. The molecule has 116 valence electrons. The number of rotatable bonds is 2. The Hall–Kier alpha value is -1.81. The average Bonchev–Trinajstić information content (AvgIpc) is 3.13. The highest BCUT2D eigenvalue weighted by Crippen LogP contribution is 2.32. The van der Waals surface area contributed by atoms with Gasteiger partial charge in [0.25, 0.3) is 0 Å². The van der Waals surface area contributed by atoms with Crippen LogP contribution in [0.4, 0.5) is 0 Å². The number of aryl methyl sites for hydroxylation is 2. The van der Waals surface area contributed by atoms with Crippen LogP contribution in [0.3, 0.4) is 0 Å². The smallest absolute Gasteiger partial charge is 0.235 e. The Morgan fingerprint density at radius 2 is 2.14 bits per heavy atom. The molecule has 4 heterocycles. The maximum absolute atomic E-state index is 11.6. The molecule has 0 spiro atoms. The van der Waals surface area contributed by atoms with E-state index >= 15 is 0 Å². The zero-order valence-electron chi connectivity index (χ0n) is 12.1. The van der Waals surface area contributed by atoms with Gasteiger partial charge in [0.05, 0.1) is 17.2 Å². The van der Waals surface area contributed by atoms with Crippen molar-refractivity contribution in [1.82, 2.24) is 29.6 Å². The van der Waals surface area contributed by atoms with Gasteiger partial charge in [-0.25, -0.2) is 8.42 Å². The highest BCUT2D eigenvalue weighted by Gasteiger charge is 2.32. The van der Waals surface area contributed by atoms with Crippen LogP contribution in [0.15, 0.2) is 6.07 Å². The van der Waals surface area contributed by atoms with Crippen LogP contribution in [-0.4, -0.2) is 49.5 Å². The zero-order chi connectivity index (χ0) is 15.5. The monoisotopic (exact) mass is 338 g/mol. The SMILES string of the molecule is Cc1cc(-c2nnc3sc([C@H]4CCS(=O)(=O)C4)nn23)n(C)n1. The highest BCUT2D eigenvalue weighted by atomic mass is 32.2. The third-order valence-corrected chi connectivity index (χ3v) is 6.65. The minimum Gasteiger partial charge on any atom is -0.264 e. The van der Waals surface area contributed by atoms with Crippen LogP contribution in [0, 0.1) is 6.92 Å². The molecule has 0 amide bonds. The Morgan fingerprint density at radius 3 is 2.77 bits per heavy atom. The first kappa shape index (κ1) is 13.8. The molecule has 0 aromatic carbocycles. The second kappa shape index (κ2) is 4.59. The van der Waals surface area contributed by atoms with Gasteiger partial charge in [0.2, 0.25) is 10.8 Å². The van der Waals surface area contributed by atoms with E-state index < -0.39 is 9.84 Å². The summed E-state index contributed by atoms with van der Waals surface area (Å²) in [4.78, 5) is 0.674. The lowest BCUT2D eigenvalue weighted by molar-refractivity contribution is 0.601. The number of fused-ring (bicyclic) bond motifs is 1. The summed E-state index contributed by atoms with van der Waals surface area (Å²) in [6.07, 6.45) is 0.632. The normalized spacial score (nSPS) is 20.9. The van der Waals surface area contributed by atoms with Crippen LogP contribution < -0.4 is 0 Å². The van der Waals surface area contributed by atoms with Crippen molar-refractivity contribution >= 4 is 26.1 Å². The fraction of sp³-hybridized carbons (Fsp3) is 0.500. The topological polar surface area (TPSA) is 95.0 Å². The summed E-state index contributed by atoms with van der Waals surface area (Å²) >= 11 is 1.41. The quantitative estimate of drug-likeness (QED) is 0.686. The zero-order valence-corrected chi connectivity index (χ0v) is 13.7. The van der Waals surface area contributed by atoms with Crippen molar-refractivity contribution in [3.63, 3.8) is 0 Å². The minimum atomic E-state index is -2.92. The van der Waals surface area contributed by atoms with E-state index in [2.05, 4.69) is 20.4 Å². The molecule has 0 radical (unpaired) electrons. The van der Waals surface area contributed by atoms with Gasteiger partial charge in [-0.2, -0.15) is 14.7 Å². The van der Waals surface area contributed by atoms with Crippen LogP contribution in [0.25, 0.3) is 16.5 Å². The molecule has 1 aliphatic heterocycles. The Morgan fingerprint density at radius 1 is 1.32 bits per heavy atom. The van der Waals surface area contributed by atoms with E-state index in [9.17, 15) is 8.42 Å². The number of hydrogen-bond donors (Lipinski definition) is 0. The Labute approximate surface area is 130 Å². The van der Waals surface area contributed by atoms with Gasteiger partial charge in [0.15, 0.2) is 9.84 Å². The molecule has 0 aliphatic carbocycles. The van der Waals surface area contributed by atoms with Crippen molar-refractivity contribution in [3.05, 3.63) is 16.8 Å². The molecular formula is C12H14N6O2S2. The predicted octanol–water partition coefficient (Wildman–Crippen LogP) is 0.797. The molecule has 10 heteroatoms. The summed E-state index contributed by atoms with van der Waals surface area (Å²) < 4.78 is 26.7. The Kier molecular flexibility index (Phi) is 2.89. The minimum absolute atomic E-state index is 0.0298.